The van der Waals surface area contributed by atoms with E-state index in [2.05, 4.69) is 34.1 Å². The minimum Gasteiger partial charge on any atom is -0.492 e. The van der Waals surface area contributed by atoms with Crippen molar-refractivity contribution in [2.75, 3.05) is 19.7 Å². The Balaban J connectivity index is 1.28. The number of ether oxygens (including phenoxy) is 1. The maximum atomic E-state index is 12.7. The maximum Gasteiger partial charge on any atom is 0.283 e. The van der Waals surface area contributed by atoms with Gasteiger partial charge in [0, 0.05) is 25.0 Å². The van der Waals surface area contributed by atoms with Gasteiger partial charge in [-0.25, -0.2) is 0 Å². The van der Waals surface area contributed by atoms with Crippen LogP contribution in [0.2, 0.25) is 0 Å². The van der Waals surface area contributed by atoms with Crippen molar-refractivity contribution in [1.82, 2.24) is 14.5 Å². The van der Waals surface area contributed by atoms with Crippen LogP contribution in [-0.2, 0) is 17.8 Å². The van der Waals surface area contributed by atoms with Gasteiger partial charge in [-0.15, -0.1) is 5.10 Å². The number of likely N-dealkylation sites (tertiary alicyclic amines) is 1. The summed E-state index contributed by atoms with van der Waals surface area (Å²) in [6.07, 6.45) is 6.94. The molecule has 4 heterocycles. The zero-order valence-electron chi connectivity index (χ0n) is 18.5. The zero-order valence-corrected chi connectivity index (χ0v) is 19.3. The fourth-order valence-electron chi connectivity index (χ4n) is 4.01. The Labute approximate surface area is 197 Å². The molecule has 1 aromatic heterocycles. The van der Waals surface area contributed by atoms with Crippen LogP contribution in [0.3, 0.4) is 0 Å². The first-order chi connectivity index (χ1) is 16.1. The van der Waals surface area contributed by atoms with Crippen molar-refractivity contribution in [2.45, 2.75) is 32.7 Å². The summed E-state index contributed by atoms with van der Waals surface area (Å²) in [7, 11) is 0. The molecule has 33 heavy (non-hydrogen) atoms. The highest BCUT2D eigenvalue weighted by Gasteiger charge is 2.37. The van der Waals surface area contributed by atoms with Gasteiger partial charge in [0.05, 0.1) is 12.1 Å². The minimum absolute atomic E-state index is 0.0618. The molecule has 0 unspecified atom stereocenters. The van der Waals surface area contributed by atoms with Crippen LogP contribution in [0.15, 0.2) is 58.3 Å². The summed E-state index contributed by atoms with van der Waals surface area (Å²) in [5, 5.41) is 15.9. The fraction of sp³-hybridized carbons (Fsp3) is 0.333. The van der Waals surface area contributed by atoms with Crippen molar-refractivity contribution in [1.29, 1.82) is 5.41 Å². The third-order valence-electron chi connectivity index (χ3n) is 5.91. The average molecular weight is 463 g/mol. The minimum atomic E-state index is -0.406. The normalized spacial score (nSPS) is 19.2. The number of amidine groups is 3. The number of nitrogens with zero attached hydrogens (tertiary/aromatic N) is 5. The average Bonchev–Trinajstić information content (AvgIpc) is 3.58. The lowest BCUT2D eigenvalue weighted by molar-refractivity contribution is -0.114. The van der Waals surface area contributed by atoms with Gasteiger partial charge in [-0.3, -0.25) is 10.2 Å². The second-order valence-corrected chi connectivity index (χ2v) is 9.00. The molecule has 0 atom stereocenters. The summed E-state index contributed by atoms with van der Waals surface area (Å²) < 4.78 is 7.88. The van der Waals surface area contributed by atoms with E-state index in [1.54, 1.807) is 6.08 Å². The number of hydrazone groups is 1. The summed E-state index contributed by atoms with van der Waals surface area (Å²) >= 11 is 1.36. The number of hydrogen-bond donors (Lipinski definition) is 1. The molecule has 0 saturated carbocycles. The van der Waals surface area contributed by atoms with Crippen molar-refractivity contribution in [3.8, 4) is 5.75 Å². The second kappa shape index (κ2) is 9.27. The molecule has 1 N–H and O–H groups in total. The first-order valence-electron chi connectivity index (χ1n) is 11.2. The molecule has 8 nitrogen and oxygen atoms in total. The van der Waals surface area contributed by atoms with Gasteiger partial charge in [0.25, 0.3) is 5.91 Å². The first kappa shape index (κ1) is 21.5. The van der Waals surface area contributed by atoms with Crippen LogP contribution in [0.5, 0.6) is 5.75 Å². The highest BCUT2D eigenvalue weighted by atomic mass is 32.2. The van der Waals surface area contributed by atoms with Gasteiger partial charge in [-0.2, -0.15) is 10.0 Å². The first-order valence-corrected chi connectivity index (χ1v) is 12.1. The van der Waals surface area contributed by atoms with E-state index in [-0.39, 0.29) is 11.4 Å². The second-order valence-electron chi connectivity index (χ2n) is 8.07. The summed E-state index contributed by atoms with van der Waals surface area (Å²) in [4.78, 5) is 19.1. The smallest absolute Gasteiger partial charge is 0.283 e. The van der Waals surface area contributed by atoms with Gasteiger partial charge < -0.3 is 14.2 Å². The van der Waals surface area contributed by atoms with E-state index in [4.69, 9.17) is 10.1 Å². The molecule has 2 aromatic rings. The molecule has 0 aliphatic carbocycles. The van der Waals surface area contributed by atoms with Gasteiger partial charge in [0.2, 0.25) is 5.17 Å². The van der Waals surface area contributed by atoms with E-state index in [0.717, 1.165) is 49.0 Å². The van der Waals surface area contributed by atoms with Crippen LogP contribution in [0.4, 0.5) is 0 Å². The largest absolute Gasteiger partial charge is 0.492 e. The van der Waals surface area contributed by atoms with Gasteiger partial charge >= 0.3 is 0 Å². The van der Waals surface area contributed by atoms with Crippen LogP contribution < -0.4 is 4.74 Å². The predicted octanol–water partition coefficient (Wildman–Crippen LogP) is 3.80. The summed E-state index contributed by atoms with van der Waals surface area (Å²) in [6, 6.07) is 12.0. The van der Waals surface area contributed by atoms with Crippen LogP contribution >= 0.6 is 11.8 Å². The number of rotatable bonds is 6. The van der Waals surface area contributed by atoms with E-state index < -0.39 is 5.91 Å². The highest BCUT2D eigenvalue weighted by Crippen LogP contribution is 2.30. The molecular formula is C24H26N6O2S. The molecule has 170 valence electrons. The van der Waals surface area contributed by atoms with E-state index >= 15 is 0 Å². The van der Waals surface area contributed by atoms with Gasteiger partial charge in [0.15, 0.2) is 11.0 Å². The number of carbonyl (C=O) groups is 1. The number of benzene rings is 1. The Morgan fingerprint density at radius 3 is 2.70 bits per heavy atom. The van der Waals surface area contributed by atoms with Crippen LogP contribution in [0.1, 0.15) is 31.0 Å². The molecule has 1 aromatic carbocycles. The lowest BCUT2D eigenvalue weighted by Crippen LogP contribution is -2.35. The topological polar surface area (TPSA) is 86.3 Å². The summed E-state index contributed by atoms with van der Waals surface area (Å²) in [5.41, 5.74) is 2.34. The van der Waals surface area contributed by atoms with E-state index in [1.165, 1.54) is 22.3 Å². The number of amides is 1. The Bertz CT molecular complexity index is 1160. The number of aromatic nitrogens is 1. The molecule has 3 aliphatic heterocycles. The molecule has 9 heteroatoms. The standard InChI is InChI=1S/C24H26N6O2S/c1-2-17-7-9-19(10-8-17)32-15-14-28-13-5-6-18(28)16-20-21(25)30-23(26-22(20)31)33-24(27-30)29-11-3-4-12-29/h5-10,13,16,25H,2-4,11-12,14-15H2,1H3/b20-16-,25-21?. The number of hydrogen-bond acceptors (Lipinski definition) is 6. The lowest BCUT2D eigenvalue weighted by atomic mass is 10.1. The number of carbonyl (C=O) groups excluding carboxylic acids is 1. The number of fused-ring (bicyclic) bond motifs is 1. The van der Waals surface area contributed by atoms with Crippen LogP contribution in [0.25, 0.3) is 6.08 Å². The number of thioether (sulfide) groups is 1. The van der Waals surface area contributed by atoms with E-state index in [1.807, 2.05) is 35.0 Å². The van der Waals surface area contributed by atoms with Gasteiger partial charge in [-0.1, -0.05) is 19.1 Å². The Morgan fingerprint density at radius 2 is 1.94 bits per heavy atom. The Hall–Kier alpha value is -3.33. The lowest BCUT2D eigenvalue weighted by Gasteiger charge is -2.20. The molecule has 1 fully saturated rings. The van der Waals surface area contributed by atoms with Crippen molar-refractivity contribution in [3.05, 3.63) is 59.4 Å². The van der Waals surface area contributed by atoms with Crippen molar-refractivity contribution >= 4 is 39.9 Å². The van der Waals surface area contributed by atoms with E-state index in [0.29, 0.717) is 18.3 Å². The van der Waals surface area contributed by atoms with Crippen molar-refractivity contribution < 1.29 is 9.53 Å². The summed E-state index contributed by atoms with van der Waals surface area (Å²) in [6.45, 7) is 5.15. The quantitative estimate of drug-likeness (QED) is 0.660. The molecule has 0 spiro atoms. The molecule has 0 radical (unpaired) electrons. The van der Waals surface area contributed by atoms with Gasteiger partial charge in [0.1, 0.15) is 12.4 Å². The van der Waals surface area contributed by atoms with Crippen LogP contribution in [-0.4, -0.2) is 56.3 Å². The van der Waals surface area contributed by atoms with Crippen molar-refractivity contribution in [3.63, 3.8) is 0 Å². The molecular weight excluding hydrogens is 436 g/mol. The number of nitrogens with one attached hydrogen (secondary N) is 1. The Morgan fingerprint density at radius 1 is 1.15 bits per heavy atom. The van der Waals surface area contributed by atoms with Gasteiger partial charge in [-0.05, 0) is 66.9 Å². The molecule has 1 saturated heterocycles. The molecule has 3 aliphatic rings. The molecule has 1 amide bonds. The monoisotopic (exact) mass is 462 g/mol. The molecule has 0 bridgehead atoms. The summed E-state index contributed by atoms with van der Waals surface area (Å²) in [5.74, 6) is 0.493. The third kappa shape index (κ3) is 4.45. The fourth-order valence-corrected chi connectivity index (χ4v) is 4.96. The maximum absolute atomic E-state index is 12.7. The SMILES string of the molecule is CCc1ccc(OCCn2cccc2/C=C2/C(=N)N3N=C(N4CCCC4)SC3=NC2=O)cc1. The molecule has 5 rings (SSSR count). The predicted molar refractivity (Wildman–Crippen MR) is 132 cm³/mol. The number of aryl methyl sites for hydroxylation is 1. The van der Waals surface area contributed by atoms with Crippen molar-refractivity contribution in [2.24, 2.45) is 10.1 Å². The van der Waals surface area contributed by atoms with E-state index in [9.17, 15) is 4.79 Å². The van der Waals surface area contributed by atoms with Crippen LogP contribution in [0, 0.1) is 5.41 Å². The Kier molecular flexibility index (Phi) is 6.04. The highest BCUT2D eigenvalue weighted by molar-refractivity contribution is 8.26. The number of aliphatic imine (C=N–C) groups is 1. The third-order valence-corrected chi connectivity index (χ3v) is 6.88. The zero-order chi connectivity index (χ0) is 22.8.